The SMILES string of the molecule is O=C(O)c1ccc(NC2CCCCC2O)c(F)c1F. The predicted molar refractivity (Wildman–Crippen MR) is 65.2 cm³/mol. The average molecular weight is 271 g/mol. The maximum absolute atomic E-state index is 13.7. The van der Waals surface area contributed by atoms with Crippen LogP contribution in [0.15, 0.2) is 12.1 Å². The van der Waals surface area contributed by atoms with E-state index in [9.17, 15) is 18.7 Å². The number of carboxylic acid groups (broad SMARTS) is 1. The van der Waals surface area contributed by atoms with E-state index in [-0.39, 0.29) is 11.7 Å². The molecule has 2 unspecified atom stereocenters. The number of carboxylic acids is 1. The first-order valence-corrected chi connectivity index (χ1v) is 6.16. The normalized spacial score (nSPS) is 23.1. The van der Waals surface area contributed by atoms with Crippen LogP contribution >= 0.6 is 0 Å². The van der Waals surface area contributed by atoms with E-state index in [1.807, 2.05) is 0 Å². The van der Waals surface area contributed by atoms with Crippen molar-refractivity contribution in [2.24, 2.45) is 0 Å². The van der Waals surface area contributed by atoms with Crippen molar-refractivity contribution < 1.29 is 23.8 Å². The number of hydrogen-bond acceptors (Lipinski definition) is 3. The number of nitrogens with one attached hydrogen (secondary N) is 1. The molecule has 0 aromatic heterocycles. The van der Waals surface area contributed by atoms with Crippen molar-refractivity contribution in [2.75, 3.05) is 5.32 Å². The van der Waals surface area contributed by atoms with Gasteiger partial charge in [0.05, 0.1) is 23.4 Å². The fourth-order valence-corrected chi connectivity index (χ4v) is 2.31. The molecule has 0 aliphatic heterocycles. The number of aliphatic hydroxyl groups excluding tert-OH is 1. The summed E-state index contributed by atoms with van der Waals surface area (Å²) in [7, 11) is 0. The molecule has 0 amide bonds. The van der Waals surface area contributed by atoms with Gasteiger partial charge in [0.25, 0.3) is 0 Å². The summed E-state index contributed by atoms with van der Waals surface area (Å²) in [5.41, 5.74) is -0.819. The average Bonchev–Trinajstić information content (AvgIpc) is 2.37. The second kappa shape index (κ2) is 5.52. The highest BCUT2D eigenvalue weighted by atomic mass is 19.2. The lowest BCUT2D eigenvalue weighted by Crippen LogP contribution is -2.36. The maximum Gasteiger partial charge on any atom is 0.338 e. The molecule has 0 bridgehead atoms. The Morgan fingerprint density at radius 3 is 2.53 bits per heavy atom. The van der Waals surface area contributed by atoms with Gasteiger partial charge in [-0.15, -0.1) is 0 Å². The topological polar surface area (TPSA) is 69.6 Å². The van der Waals surface area contributed by atoms with Gasteiger partial charge in [-0.1, -0.05) is 12.8 Å². The summed E-state index contributed by atoms with van der Waals surface area (Å²) in [6, 6.07) is 1.86. The Balaban J connectivity index is 2.21. The molecule has 1 fully saturated rings. The van der Waals surface area contributed by atoms with E-state index in [0.717, 1.165) is 18.9 Å². The van der Waals surface area contributed by atoms with Crippen molar-refractivity contribution in [3.63, 3.8) is 0 Å². The lowest BCUT2D eigenvalue weighted by atomic mass is 9.92. The van der Waals surface area contributed by atoms with Crippen LogP contribution in [0.3, 0.4) is 0 Å². The fourth-order valence-electron chi connectivity index (χ4n) is 2.31. The molecule has 2 rings (SSSR count). The van der Waals surface area contributed by atoms with Crippen LogP contribution in [0.5, 0.6) is 0 Å². The van der Waals surface area contributed by atoms with E-state index in [2.05, 4.69) is 5.32 Å². The van der Waals surface area contributed by atoms with Gasteiger partial charge in [0.2, 0.25) is 0 Å². The standard InChI is InChI=1S/C13H15F2NO3/c14-11-7(13(18)19)5-6-9(12(11)15)16-8-3-1-2-4-10(8)17/h5-6,8,10,16-17H,1-4H2,(H,18,19). The monoisotopic (exact) mass is 271 g/mol. The Morgan fingerprint density at radius 2 is 1.89 bits per heavy atom. The van der Waals surface area contributed by atoms with Gasteiger partial charge in [0.1, 0.15) is 0 Å². The number of aliphatic hydroxyl groups is 1. The zero-order valence-electron chi connectivity index (χ0n) is 10.2. The number of benzene rings is 1. The van der Waals surface area contributed by atoms with Crippen molar-refractivity contribution in [2.45, 2.75) is 37.8 Å². The lowest BCUT2D eigenvalue weighted by Gasteiger charge is -2.29. The van der Waals surface area contributed by atoms with Crippen LogP contribution in [0.4, 0.5) is 14.5 Å². The van der Waals surface area contributed by atoms with Gasteiger partial charge in [-0.05, 0) is 25.0 Å². The summed E-state index contributed by atoms with van der Waals surface area (Å²) in [6.07, 6.45) is 2.51. The van der Waals surface area contributed by atoms with E-state index < -0.39 is 29.3 Å². The smallest absolute Gasteiger partial charge is 0.338 e. The van der Waals surface area contributed by atoms with E-state index in [4.69, 9.17) is 5.11 Å². The van der Waals surface area contributed by atoms with Crippen molar-refractivity contribution >= 4 is 11.7 Å². The third-order valence-corrected chi connectivity index (χ3v) is 3.38. The minimum Gasteiger partial charge on any atom is -0.478 e. The quantitative estimate of drug-likeness (QED) is 0.789. The molecule has 19 heavy (non-hydrogen) atoms. The van der Waals surface area contributed by atoms with E-state index >= 15 is 0 Å². The Hall–Kier alpha value is -1.69. The number of halogens is 2. The Labute approximate surface area is 109 Å². The molecule has 6 heteroatoms. The number of aromatic carboxylic acids is 1. The molecule has 1 aromatic carbocycles. The molecule has 0 saturated heterocycles. The van der Waals surface area contributed by atoms with Gasteiger partial charge in [0, 0.05) is 0 Å². The molecular weight excluding hydrogens is 256 g/mol. The highest BCUT2D eigenvalue weighted by Gasteiger charge is 2.25. The number of hydrogen-bond donors (Lipinski definition) is 3. The Morgan fingerprint density at radius 1 is 1.21 bits per heavy atom. The summed E-state index contributed by atoms with van der Waals surface area (Å²) < 4.78 is 27.2. The molecule has 4 nitrogen and oxygen atoms in total. The van der Waals surface area contributed by atoms with Crippen LogP contribution in [0.1, 0.15) is 36.0 Å². The molecule has 1 saturated carbocycles. The van der Waals surface area contributed by atoms with Gasteiger partial charge in [-0.3, -0.25) is 0 Å². The predicted octanol–water partition coefficient (Wildman–Crippen LogP) is 2.38. The zero-order chi connectivity index (χ0) is 14.0. The highest BCUT2D eigenvalue weighted by Crippen LogP contribution is 2.26. The molecular formula is C13H15F2NO3. The largest absolute Gasteiger partial charge is 0.478 e. The zero-order valence-corrected chi connectivity index (χ0v) is 10.2. The lowest BCUT2D eigenvalue weighted by molar-refractivity contribution is 0.0690. The first-order valence-electron chi connectivity index (χ1n) is 6.16. The van der Waals surface area contributed by atoms with Crippen LogP contribution in [0.2, 0.25) is 0 Å². The van der Waals surface area contributed by atoms with Crippen molar-refractivity contribution in [1.29, 1.82) is 0 Å². The van der Waals surface area contributed by atoms with Gasteiger partial charge in [-0.25, -0.2) is 13.6 Å². The number of carbonyl (C=O) groups is 1. The molecule has 0 radical (unpaired) electrons. The van der Waals surface area contributed by atoms with E-state index in [1.165, 1.54) is 6.07 Å². The molecule has 1 aliphatic carbocycles. The molecule has 0 heterocycles. The molecule has 104 valence electrons. The third-order valence-electron chi connectivity index (χ3n) is 3.38. The van der Waals surface area contributed by atoms with Crippen molar-refractivity contribution in [3.05, 3.63) is 29.3 Å². The molecule has 1 aliphatic rings. The molecule has 3 N–H and O–H groups in total. The van der Waals surface area contributed by atoms with Gasteiger partial charge in [0.15, 0.2) is 11.6 Å². The van der Waals surface area contributed by atoms with Crippen LogP contribution in [-0.4, -0.2) is 28.3 Å². The summed E-state index contributed by atoms with van der Waals surface area (Å²) in [5.74, 6) is -4.12. The Bertz CT molecular complexity index is 493. The minimum absolute atomic E-state index is 0.117. The van der Waals surface area contributed by atoms with Gasteiger partial charge < -0.3 is 15.5 Å². The van der Waals surface area contributed by atoms with E-state index in [1.54, 1.807) is 0 Å². The van der Waals surface area contributed by atoms with Crippen molar-refractivity contribution in [1.82, 2.24) is 0 Å². The first kappa shape index (κ1) is 13.7. The number of anilines is 1. The summed E-state index contributed by atoms with van der Waals surface area (Å²) in [4.78, 5) is 10.7. The third kappa shape index (κ3) is 2.84. The van der Waals surface area contributed by atoms with Gasteiger partial charge >= 0.3 is 5.97 Å². The highest BCUT2D eigenvalue weighted by molar-refractivity contribution is 5.88. The summed E-state index contributed by atoms with van der Waals surface area (Å²) in [6.45, 7) is 0. The van der Waals surface area contributed by atoms with Crippen LogP contribution in [0.25, 0.3) is 0 Å². The second-order valence-electron chi connectivity index (χ2n) is 4.70. The second-order valence-corrected chi connectivity index (χ2v) is 4.70. The van der Waals surface area contributed by atoms with Crippen LogP contribution in [-0.2, 0) is 0 Å². The maximum atomic E-state index is 13.7. The fraction of sp³-hybridized carbons (Fsp3) is 0.462. The molecule has 1 aromatic rings. The van der Waals surface area contributed by atoms with Crippen molar-refractivity contribution in [3.8, 4) is 0 Å². The number of rotatable bonds is 3. The molecule has 0 spiro atoms. The minimum atomic E-state index is -1.51. The van der Waals surface area contributed by atoms with Crippen LogP contribution < -0.4 is 5.32 Å². The summed E-state index contributed by atoms with van der Waals surface area (Å²) in [5, 5.41) is 21.2. The molecule has 2 atom stereocenters. The van der Waals surface area contributed by atoms with E-state index in [0.29, 0.717) is 12.8 Å². The first-order chi connectivity index (χ1) is 9.00. The van der Waals surface area contributed by atoms with Crippen LogP contribution in [0, 0.1) is 11.6 Å². The van der Waals surface area contributed by atoms with Gasteiger partial charge in [-0.2, -0.15) is 0 Å². The summed E-state index contributed by atoms with van der Waals surface area (Å²) >= 11 is 0. The Kier molecular flexibility index (Phi) is 3.99.